The van der Waals surface area contributed by atoms with E-state index in [1.807, 2.05) is 18.0 Å². The molecule has 1 aromatic carbocycles. The van der Waals surface area contributed by atoms with E-state index in [0.29, 0.717) is 11.6 Å². The van der Waals surface area contributed by atoms with Crippen molar-refractivity contribution in [3.8, 4) is 0 Å². The standard InChI is InChI=1S/C14H22FNOS/c1-10(8-9-18-4)16(3)13-7-5-6-12(15)14(13)11(2)17/h5-7,10-11,17H,8-9H2,1-4H3. The van der Waals surface area contributed by atoms with Gasteiger partial charge < -0.3 is 10.0 Å². The average Bonchev–Trinajstić information content (AvgIpc) is 2.34. The molecule has 0 radical (unpaired) electrons. The zero-order valence-corrected chi connectivity index (χ0v) is 12.3. The number of thioether (sulfide) groups is 1. The molecule has 1 N–H and O–H groups in total. The molecule has 102 valence electrons. The van der Waals surface area contributed by atoms with Gasteiger partial charge in [-0.25, -0.2) is 4.39 Å². The second kappa shape index (κ2) is 7.00. The van der Waals surface area contributed by atoms with Crippen molar-refractivity contribution in [2.24, 2.45) is 0 Å². The minimum atomic E-state index is -0.795. The summed E-state index contributed by atoms with van der Waals surface area (Å²) in [6.07, 6.45) is 2.32. The van der Waals surface area contributed by atoms with Gasteiger partial charge in [-0.05, 0) is 44.4 Å². The van der Waals surface area contributed by atoms with E-state index in [1.165, 1.54) is 6.07 Å². The zero-order chi connectivity index (χ0) is 13.7. The Morgan fingerprint density at radius 2 is 2.06 bits per heavy atom. The highest BCUT2D eigenvalue weighted by molar-refractivity contribution is 7.98. The van der Waals surface area contributed by atoms with Gasteiger partial charge in [0.15, 0.2) is 0 Å². The van der Waals surface area contributed by atoms with Crippen molar-refractivity contribution in [3.05, 3.63) is 29.6 Å². The quantitative estimate of drug-likeness (QED) is 0.857. The Hall–Kier alpha value is -0.740. The highest BCUT2D eigenvalue weighted by Gasteiger charge is 2.19. The number of hydrogen-bond acceptors (Lipinski definition) is 3. The lowest BCUT2D eigenvalue weighted by Gasteiger charge is -2.29. The first-order valence-electron chi connectivity index (χ1n) is 6.17. The van der Waals surface area contributed by atoms with Crippen molar-refractivity contribution in [2.75, 3.05) is 24.0 Å². The van der Waals surface area contributed by atoms with Crippen molar-refractivity contribution >= 4 is 17.4 Å². The first-order valence-corrected chi connectivity index (χ1v) is 7.56. The molecule has 2 atom stereocenters. The number of benzene rings is 1. The summed E-state index contributed by atoms with van der Waals surface area (Å²) in [4.78, 5) is 2.04. The number of aliphatic hydroxyl groups excluding tert-OH is 1. The lowest BCUT2D eigenvalue weighted by atomic mass is 10.1. The molecule has 0 aromatic heterocycles. The molecule has 0 spiro atoms. The second-order valence-electron chi connectivity index (χ2n) is 4.59. The van der Waals surface area contributed by atoms with Crippen LogP contribution in [0.5, 0.6) is 0 Å². The first-order chi connectivity index (χ1) is 8.49. The summed E-state index contributed by atoms with van der Waals surface area (Å²) in [5.74, 6) is 0.733. The molecule has 0 saturated heterocycles. The van der Waals surface area contributed by atoms with Crippen molar-refractivity contribution < 1.29 is 9.50 Å². The van der Waals surface area contributed by atoms with E-state index in [4.69, 9.17) is 0 Å². The highest BCUT2D eigenvalue weighted by Crippen LogP contribution is 2.29. The minimum Gasteiger partial charge on any atom is -0.389 e. The Morgan fingerprint density at radius 3 is 2.61 bits per heavy atom. The molecular formula is C14H22FNOS. The third-order valence-corrected chi connectivity index (χ3v) is 3.87. The van der Waals surface area contributed by atoms with E-state index in [1.54, 1.807) is 24.8 Å². The molecular weight excluding hydrogens is 249 g/mol. The van der Waals surface area contributed by atoms with Crippen molar-refractivity contribution in [3.63, 3.8) is 0 Å². The molecule has 0 aliphatic rings. The lowest BCUT2D eigenvalue weighted by molar-refractivity contribution is 0.194. The summed E-state index contributed by atoms with van der Waals surface area (Å²) in [6.45, 7) is 3.72. The summed E-state index contributed by atoms with van der Waals surface area (Å²) >= 11 is 1.81. The number of rotatable bonds is 6. The zero-order valence-electron chi connectivity index (χ0n) is 11.5. The van der Waals surface area contributed by atoms with Crippen LogP contribution in [-0.4, -0.2) is 30.2 Å². The van der Waals surface area contributed by atoms with Crippen LogP contribution < -0.4 is 4.90 Å². The van der Waals surface area contributed by atoms with Crippen LogP contribution in [-0.2, 0) is 0 Å². The molecule has 1 rings (SSSR count). The SMILES string of the molecule is CSCCC(C)N(C)c1cccc(F)c1C(C)O. The highest BCUT2D eigenvalue weighted by atomic mass is 32.2. The maximum atomic E-state index is 13.8. The number of aliphatic hydroxyl groups is 1. The summed E-state index contributed by atoms with van der Waals surface area (Å²) in [7, 11) is 1.95. The van der Waals surface area contributed by atoms with E-state index in [-0.39, 0.29) is 5.82 Å². The molecule has 1 aromatic rings. The number of hydrogen-bond donors (Lipinski definition) is 1. The molecule has 4 heteroatoms. The third-order valence-electron chi connectivity index (χ3n) is 3.23. The lowest BCUT2D eigenvalue weighted by Crippen LogP contribution is -2.30. The first kappa shape index (κ1) is 15.3. The Labute approximate surface area is 113 Å². The topological polar surface area (TPSA) is 23.5 Å². The van der Waals surface area contributed by atoms with Crippen LogP contribution in [0.2, 0.25) is 0 Å². The average molecular weight is 271 g/mol. The van der Waals surface area contributed by atoms with Crippen LogP contribution in [0.25, 0.3) is 0 Å². The Bertz CT molecular complexity index is 384. The third kappa shape index (κ3) is 3.62. The fourth-order valence-corrected chi connectivity index (χ4v) is 2.54. The van der Waals surface area contributed by atoms with Crippen molar-refractivity contribution in [1.29, 1.82) is 0 Å². The molecule has 0 saturated carbocycles. The van der Waals surface area contributed by atoms with Gasteiger partial charge in [0.2, 0.25) is 0 Å². The van der Waals surface area contributed by atoms with Crippen molar-refractivity contribution in [2.45, 2.75) is 32.4 Å². The number of nitrogens with zero attached hydrogens (tertiary/aromatic N) is 1. The summed E-state index contributed by atoms with van der Waals surface area (Å²) in [5, 5.41) is 9.72. The van der Waals surface area contributed by atoms with Gasteiger partial charge in [-0.15, -0.1) is 0 Å². The van der Waals surface area contributed by atoms with Gasteiger partial charge in [-0.2, -0.15) is 11.8 Å². The number of halogens is 1. The molecule has 18 heavy (non-hydrogen) atoms. The summed E-state index contributed by atoms with van der Waals surface area (Å²) in [6, 6.07) is 5.26. The Morgan fingerprint density at radius 1 is 1.39 bits per heavy atom. The van der Waals surface area contributed by atoms with Crippen LogP contribution in [0.15, 0.2) is 18.2 Å². The van der Waals surface area contributed by atoms with Crippen LogP contribution >= 0.6 is 11.8 Å². The second-order valence-corrected chi connectivity index (χ2v) is 5.58. The predicted octanol–water partition coefficient (Wildman–Crippen LogP) is 3.46. The normalized spacial score (nSPS) is 14.3. The molecule has 0 heterocycles. The van der Waals surface area contributed by atoms with E-state index in [9.17, 15) is 9.50 Å². The maximum absolute atomic E-state index is 13.8. The van der Waals surface area contributed by atoms with E-state index >= 15 is 0 Å². The van der Waals surface area contributed by atoms with E-state index in [0.717, 1.165) is 17.9 Å². The summed E-state index contributed by atoms with van der Waals surface area (Å²) in [5.41, 5.74) is 1.16. The van der Waals surface area contributed by atoms with E-state index < -0.39 is 6.10 Å². The van der Waals surface area contributed by atoms with E-state index in [2.05, 4.69) is 13.2 Å². The molecule has 0 fully saturated rings. The molecule has 0 aliphatic heterocycles. The maximum Gasteiger partial charge on any atom is 0.131 e. The van der Waals surface area contributed by atoms with Crippen LogP contribution in [0.4, 0.5) is 10.1 Å². The van der Waals surface area contributed by atoms with Crippen LogP contribution in [0.1, 0.15) is 31.9 Å². The molecule has 0 bridgehead atoms. The molecule has 2 nitrogen and oxygen atoms in total. The fraction of sp³-hybridized carbons (Fsp3) is 0.571. The molecule has 0 aliphatic carbocycles. The molecule has 2 unspecified atom stereocenters. The van der Waals surface area contributed by atoms with Crippen molar-refractivity contribution in [1.82, 2.24) is 0 Å². The predicted molar refractivity (Wildman–Crippen MR) is 77.9 cm³/mol. The monoisotopic (exact) mass is 271 g/mol. The van der Waals surface area contributed by atoms with Gasteiger partial charge in [0.1, 0.15) is 5.82 Å². The smallest absolute Gasteiger partial charge is 0.131 e. The van der Waals surface area contributed by atoms with Gasteiger partial charge in [-0.3, -0.25) is 0 Å². The van der Waals surface area contributed by atoms with Gasteiger partial charge >= 0.3 is 0 Å². The molecule has 0 amide bonds. The number of anilines is 1. The van der Waals surface area contributed by atoms with Gasteiger partial charge in [0.05, 0.1) is 6.10 Å². The summed E-state index contributed by atoms with van der Waals surface area (Å²) < 4.78 is 13.8. The Kier molecular flexibility index (Phi) is 5.96. The van der Waals surface area contributed by atoms with Gasteiger partial charge in [0.25, 0.3) is 0 Å². The van der Waals surface area contributed by atoms with Gasteiger partial charge in [0, 0.05) is 24.3 Å². The minimum absolute atomic E-state index is 0.316. The fourth-order valence-electron chi connectivity index (χ4n) is 1.97. The van der Waals surface area contributed by atoms with Gasteiger partial charge in [-0.1, -0.05) is 6.07 Å². The largest absolute Gasteiger partial charge is 0.389 e. The Balaban J connectivity index is 2.97. The van der Waals surface area contributed by atoms with Crippen LogP contribution in [0, 0.1) is 5.82 Å². The van der Waals surface area contributed by atoms with Crippen LogP contribution in [0.3, 0.4) is 0 Å².